The van der Waals surface area contributed by atoms with Gasteiger partial charge in [0.25, 0.3) is 0 Å². The highest BCUT2D eigenvalue weighted by molar-refractivity contribution is 6.16. The number of aromatic nitrogens is 1. The summed E-state index contributed by atoms with van der Waals surface area (Å²) in [4.78, 5) is 5.40. The molecule has 2 aliphatic rings. The molecule has 0 N–H and O–H groups in total. The minimum atomic E-state index is -0.124. The summed E-state index contributed by atoms with van der Waals surface area (Å²) < 4.78 is 0. The summed E-state index contributed by atoms with van der Waals surface area (Å²) in [6, 6.07) is 55.1. The zero-order chi connectivity index (χ0) is 35.4. The van der Waals surface area contributed by atoms with Crippen LogP contribution in [0.15, 0.2) is 146 Å². The maximum Gasteiger partial charge on any atom is 0.0991 e. The Morgan fingerprint density at radius 1 is 0.423 bits per heavy atom. The van der Waals surface area contributed by atoms with E-state index in [1.54, 1.807) is 0 Å². The van der Waals surface area contributed by atoms with Gasteiger partial charge in [-0.25, -0.2) is 4.98 Å². The molecular weight excluding hydrogens is 629 g/mol. The molecule has 7 aromatic carbocycles. The molecule has 0 bridgehead atoms. The molecule has 0 unspecified atom stereocenters. The third-order valence-corrected chi connectivity index (χ3v) is 11.9. The van der Waals surface area contributed by atoms with Crippen LogP contribution in [0.3, 0.4) is 0 Å². The van der Waals surface area contributed by atoms with Crippen LogP contribution in [0.25, 0.3) is 77.4 Å². The molecule has 0 atom stereocenters. The van der Waals surface area contributed by atoms with Crippen LogP contribution in [-0.4, -0.2) is 4.98 Å². The fourth-order valence-corrected chi connectivity index (χ4v) is 9.17. The van der Waals surface area contributed by atoms with Crippen molar-refractivity contribution in [3.8, 4) is 61.8 Å². The Kier molecular flexibility index (Phi) is 6.37. The van der Waals surface area contributed by atoms with Crippen LogP contribution >= 0.6 is 0 Å². The van der Waals surface area contributed by atoms with E-state index in [0.717, 1.165) is 38.7 Å². The van der Waals surface area contributed by atoms with Gasteiger partial charge < -0.3 is 0 Å². The maximum atomic E-state index is 9.78. The molecule has 2 nitrogen and oxygen atoms in total. The lowest BCUT2D eigenvalue weighted by atomic mass is 9.81. The number of hydrogen-bond donors (Lipinski definition) is 0. The number of nitriles is 1. The van der Waals surface area contributed by atoms with Gasteiger partial charge in [-0.2, -0.15) is 5.26 Å². The number of pyridine rings is 1. The van der Waals surface area contributed by atoms with Crippen molar-refractivity contribution in [1.82, 2.24) is 4.98 Å². The Morgan fingerprint density at radius 3 is 1.58 bits per heavy atom. The van der Waals surface area contributed by atoms with Crippen LogP contribution in [0.4, 0.5) is 0 Å². The van der Waals surface area contributed by atoms with E-state index in [0.29, 0.717) is 5.56 Å². The SMILES string of the molecule is CC1(C)c2ccccc2-c2ccc(-c3cc4c(-c5ccc6c(c5)C(C)(C)c5ccccc5-6)cc(-c5cccc(C#N)c5)nc4c4ccccc34)cc21. The van der Waals surface area contributed by atoms with Gasteiger partial charge in [-0.3, -0.25) is 0 Å². The Morgan fingerprint density at radius 2 is 0.962 bits per heavy atom. The number of rotatable bonds is 3. The van der Waals surface area contributed by atoms with E-state index in [1.165, 1.54) is 61.0 Å². The van der Waals surface area contributed by atoms with Crippen molar-refractivity contribution >= 4 is 21.7 Å². The Labute approximate surface area is 304 Å². The molecule has 1 heterocycles. The molecule has 2 aliphatic carbocycles. The Hall–Kier alpha value is -6.30. The van der Waals surface area contributed by atoms with Gasteiger partial charge in [0, 0.05) is 27.2 Å². The van der Waals surface area contributed by atoms with Gasteiger partial charge in [0.05, 0.1) is 22.8 Å². The molecule has 0 fully saturated rings. The molecule has 0 amide bonds. The van der Waals surface area contributed by atoms with Gasteiger partial charge >= 0.3 is 0 Å². The summed E-state index contributed by atoms with van der Waals surface area (Å²) in [5, 5.41) is 13.2. The molecule has 52 heavy (non-hydrogen) atoms. The van der Waals surface area contributed by atoms with Crippen LogP contribution in [-0.2, 0) is 10.8 Å². The number of nitrogens with zero attached hydrogens (tertiary/aromatic N) is 2. The molecule has 2 heteroatoms. The minimum absolute atomic E-state index is 0.0943. The van der Waals surface area contributed by atoms with Gasteiger partial charge in [-0.15, -0.1) is 0 Å². The van der Waals surface area contributed by atoms with E-state index in [2.05, 4.69) is 161 Å². The van der Waals surface area contributed by atoms with Gasteiger partial charge in [0.2, 0.25) is 0 Å². The summed E-state index contributed by atoms with van der Waals surface area (Å²) >= 11 is 0. The van der Waals surface area contributed by atoms with E-state index in [1.807, 2.05) is 18.2 Å². The van der Waals surface area contributed by atoms with E-state index < -0.39 is 0 Å². The summed E-state index contributed by atoms with van der Waals surface area (Å²) in [6.07, 6.45) is 0. The molecule has 10 rings (SSSR count). The first-order valence-electron chi connectivity index (χ1n) is 18.1. The average molecular weight is 665 g/mol. The normalized spacial score (nSPS) is 14.4. The van der Waals surface area contributed by atoms with Crippen molar-refractivity contribution < 1.29 is 0 Å². The molecule has 246 valence electrons. The van der Waals surface area contributed by atoms with Crippen molar-refractivity contribution in [2.45, 2.75) is 38.5 Å². The number of benzene rings is 7. The average Bonchev–Trinajstić information content (AvgIpc) is 3.56. The first kappa shape index (κ1) is 30.5. The quantitative estimate of drug-likeness (QED) is 0.176. The molecule has 0 saturated carbocycles. The molecule has 0 radical (unpaired) electrons. The summed E-state index contributed by atoms with van der Waals surface area (Å²) in [5.41, 5.74) is 18.6. The molecule has 0 spiro atoms. The van der Waals surface area contributed by atoms with Crippen molar-refractivity contribution in [2.24, 2.45) is 0 Å². The molecule has 0 saturated heterocycles. The standard InChI is InChI=1S/C50H36N2/c1-49(2)43-18-9-7-15-35(43)37-22-20-31(25-45(37)49)40-27-42-41(32-21-23-38-36-16-8-10-19-44(36)50(3,4)46(38)26-32)28-47(33-13-11-12-30(24-33)29-51)52-48(42)39-17-6-5-14-34(39)40/h5-28H,1-4H3. The lowest BCUT2D eigenvalue weighted by Gasteiger charge is -2.23. The van der Waals surface area contributed by atoms with Crippen molar-refractivity contribution in [3.05, 3.63) is 173 Å². The topological polar surface area (TPSA) is 36.7 Å². The highest BCUT2D eigenvalue weighted by Gasteiger charge is 2.36. The lowest BCUT2D eigenvalue weighted by Crippen LogP contribution is -2.15. The number of hydrogen-bond acceptors (Lipinski definition) is 2. The van der Waals surface area contributed by atoms with Gasteiger partial charge in [-0.1, -0.05) is 137 Å². The Bertz CT molecular complexity index is 2860. The van der Waals surface area contributed by atoms with Crippen LogP contribution in [0, 0.1) is 11.3 Å². The van der Waals surface area contributed by atoms with Crippen molar-refractivity contribution in [3.63, 3.8) is 0 Å². The van der Waals surface area contributed by atoms with Crippen LogP contribution in [0.1, 0.15) is 55.5 Å². The molecular formula is C50H36N2. The first-order chi connectivity index (χ1) is 25.2. The third kappa shape index (κ3) is 4.26. The van der Waals surface area contributed by atoms with E-state index in [-0.39, 0.29) is 10.8 Å². The van der Waals surface area contributed by atoms with E-state index >= 15 is 0 Å². The fourth-order valence-electron chi connectivity index (χ4n) is 9.17. The molecule has 1 aromatic heterocycles. The Balaban J connectivity index is 1.26. The van der Waals surface area contributed by atoms with Gasteiger partial charge in [0.1, 0.15) is 0 Å². The molecule has 8 aromatic rings. The van der Waals surface area contributed by atoms with E-state index in [4.69, 9.17) is 4.98 Å². The lowest BCUT2D eigenvalue weighted by molar-refractivity contribution is 0.660. The number of fused-ring (bicyclic) bond motifs is 9. The van der Waals surface area contributed by atoms with Gasteiger partial charge in [0.15, 0.2) is 0 Å². The predicted octanol–water partition coefficient (Wildman–Crippen LogP) is 12.9. The summed E-state index contributed by atoms with van der Waals surface area (Å²) in [6.45, 7) is 9.37. The largest absolute Gasteiger partial charge is 0.247 e. The smallest absolute Gasteiger partial charge is 0.0991 e. The second-order valence-electron chi connectivity index (χ2n) is 15.5. The zero-order valence-electron chi connectivity index (χ0n) is 29.8. The highest BCUT2D eigenvalue weighted by Crippen LogP contribution is 2.52. The van der Waals surface area contributed by atoms with E-state index in [9.17, 15) is 5.26 Å². The summed E-state index contributed by atoms with van der Waals surface area (Å²) in [5.74, 6) is 0. The maximum absolute atomic E-state index is 9.78. The molecule has 0 aliphatic heterocycles. The van der Waals surface area contributed by atoms with Crippen molar-refractivity contribution in [1.29, 1.82) is 5.26 Å². The summed E-state index contributed by atoms with van der Waals surface area (Å²) in [7, 11) is 0. The van der Waals surface area contributed by atoms with Crippen LogP contribution in [0.5, 0.6) is 0 Å². The van der Waals surface area contributed by atoms with Crippen molar-refractivity contribution in [2.75, 3.05) is 0 Å². The first-order valence-corrected chi connectivity index (χ1v) is 18.1. The van der Waals surface area contributed by atoms with Crippen LogP contribution < -0.4 is 0 Å². The highest BCUT2D eigenvalue weighted by atomic mass is 14.7. The second-order valence-corrected chi connectivity index (χ2v) is 15.5. The van der Waals surface area contributed by atoms with Crippen LogP contribution in [0.2, 0.25) is 0 Å². The van der Waals surface area contributed by atoms with Gasteiger partial charge in [-0.05, 0) is 109 Å². The monoisotopic (exact) mass is 664 g/mol. The zero-order valence-corrected chi connectivity index (χ0v) is 29.8. The fraction of sp³-hybridized carbons (Fsp3) is 0.120. The second kappa shape index (κ2) is 10.8. The third-order valence-electron chi connectivity index (χ3n) is 11.9. The minimum Gasteiger partial charge on any atom is -0.247 e. The predicted molar refractivity (Wildman–Crippen MR) is 215 cm³/mol.